The van der Waals surface area contributed by atoms with E-state index < -0.39 is 0 Å². The zero-order valence-electron chi connectivity index (χ0n) is 12.4. The topological polar surface area (TPSA) is 45.7 Å². The van der Waals surface area contributed by atoms with Crippen molar-refractivity contribution in [3.8, 4) is 5.75 Å². The van der Waals surface area contributed by atoms with E-state index in [4.69, 9.17) is 4.74 Å². The van der Waals surface area contributed by atoms with Crippen molar-refractivity contribution in [1.82, 2.24) is 10.6 Å². The Morgan fingerprint density at radius 3 is 2.80 bits per heavy atom. The predicted octanol–water partition coefficient (Wildman–Crippen LogP) is 2.42. The fraction of sp³-hybridized carbons (Fsp3) is 0.533. The van der Waals surface area contributed by atoms with Crippen molar-refractivity contribution in [2.45, 2.75) is 20.8 Å². The average Bonchev–Trinajstić information content (AvgIpc) is 2.40. The highest BCUT2D eigenvalue weighted by molar-refractivity contribution is 5.79. The lowest BCUT2D eigenvalue weighted by Gasteiger charge is -2.12. The van der Waals surface area contributed by atoms with Crippen LogP contribution in [-0.2, 0) is 0 Å². The molecule has 2 N–H and O–H groups in total. The number of rotatable bonds is 7. The quantitative estimate of drug-likeness (QED) is 0.458. The summed E-state index contributed by atoms with van der Waals surface area (Å²) in [7, 11) is 0. The van der Waals surface area contributed by atoms with E-state index in [9.17, 15) is 4.39 Å². The Morgan fingerprint density at radius 2 is 2.15 bits per heavy atom. The highest BCUT2D eigenvalue weighted by Gasteiger charge is 1.99. The third kappa shape index (κ3) is 6.97. The molecule has 0 aromatic heterocycles. The van der Waals surface area contributed by atoms with Crippen molar-refractivity contribution in [1.29, 1.82) is 0 Å². The third-order valence-electron chi connectivity index (χ3n) is 2.42. The first-order chi connectivity index (χ1) is 9.61. The molecule has 112 valence electrons. The first-order valence-electron chi connectivity index (χ1n) is 7.02. The van der Waals surface area contributed by atoms with E-state index in [-0.39, 0.29) is 5.82 Å². The van der Waals surface area contributed by atoms with Gasteiger partial charge in [-0.05, 0) is 25.0 Å². The number of ether oxygens (including phenoxy) is 1. The number of nitrogens with one attached hydrogen (secondary N) is 2. The van der Waals surface area contributed by atoms with E-state index in [1.54, 1.807) is 12.1 Å². The SMILES string of the molecule is CCNC(=NCC(C)C)NCCOc1cccc(F)c1. The summed E-state index contributed by atoms with van der Waals surface area (Å²) in [6.07, 6.45) is 0. The molecular formula is C15H24FN3O. The van der Waals surface area contributed by atoms with Crippen LogP contribution >= 0.6 is 0 Å². The van der Waals surface area contributed by atoms with Crippen LogP contribution in [0.15, 0.2) is 29.3 Å². The number of aliphatic imine (C=N–C) groups is 1. The maximum Gasteiger partial charge on any atom is 0.191 e. The zero-order chi connectivity index (χ0) is 14.8. The van der Waals surface area contributed by atoms with E-state index in [2.05, 4.69) is 29.5 Å². The molecular weight excluding hydrogens is 257 g/mol. The highest BCUT2D eigenvalue weighted by Crippen LogP contribution is 2.11. The summed E-state index contributed by atoms with van der Waals surface area (Å²) in [4.78, 5) is 4.45. The van der Waals surface area contributed by atoms with Gasteiger partial charge >= 0.3 is 0 Å². The fourth-order valence-corrected chi connectivity index (χ4v) is 1.51. The van der Waals surface area contributed by atoms with Gasteiger partial charge in [0.2, 0.25) is 0 Å². The van der Waals surface area contributed by atoms with Crippen LogP contribution in [0.1, 0.15) is 20.8 Å². The lowest BCUT2D eigenvalue weighted by molar-refractivity contribution is 0.320. The molecule has 0 radical (unpaired) electrons. The number of nitrogens with zero attached hydrogens (tertiary/aromatic N) is 1. The van der Waals surface area contributed by atoms with Crippen molar-refractivity contribution < 1.29 is 9.13 Å². The van der Waals surface area contributed by atoms with Crippen molar-refractivity contribution in [3.05, 3.63) is 30.1 Å². The number of hydrogen-bond acceptors (Lipinski definition) is 2. The monoisotopic (exact) mass is 281 g/mol. The molecule has 0 atom stereocenters. The van der Waals surface area contributed by atoms with Gasteiger partial charge in [-0.25, -0.2) is 4.39 Å². The maximum absolute atomic E-state index is 13.0. The molecule has 0 bridgehead atoms. The first-order valence-corrected chi connectivity index (χ1v) is 7.02. The Bertz CT molecular complexity index is 421. The second kappa shape index (κ2) is 9.18. The van der Waals surface area contributed by atoms with Crippen LogP contribution in [0.4, 0.5) is 4.39 Å². The molecule has 4 nitrogen and oxygen atoms in total. The first kappa shape index (κ1) is 16.3. The summed E-state index contributed by atoms with van der Waals surface area (Å²) in [5, 5.41) is 6.35. The summed E-state index contributed by atoms with van der Waals surface area (Å²) in [5.41, 5.74) is 0. The van der Waals surface area contributed by atoms with Crippen LogP contribution in [0.2, 0.25) is 0 Å². The van der Waals surface area contributed by atoms with Gasteiger partial charge in [-0.2, -0.15) is 0 Å². The number of halogens is 1. The average molecular weight is 281 g/mol. The molecule has 0 saturated heterocycles. The summed E-state index contributed by atoms with van der Waals surface area (Å²) in [5.74, 6) is 1.55. The summed E-state index contributed by atoms with van der Waals surface area (Å²) in [6.45, 7) is 8.93. The van der Waals surface area contributed by atoms with Crippen molar-refractivity contribution in [2.75, 3.05) is 26.2 Å². The van der Waals surface area contributed by atoms with Crippen LogP contribution in [0.25, 0.3) is 0 Å². The normalized spacial score (nSPS) is 11.6. The molecule has 0 spiro atoms. The molecule has 0 unspecified atom stereocenters. The van der Waals surface area contributed by atoms with Gasteiger partial charge in [0.25, 0.3) is 0 Å². The van der Waals surface area contributed by atoms with Gasteiger partial charge in [0.1, 0.15) is 18.2 Å². The molecule has 1 aromatic rings. The minimum atomic E-state index is -0.290. The van der Waals surface area contributed by atoms with Crippen LogP contribution in [0.5, 0.6) is 5.75 Å². The van der Waals surface area contributed by atoms with Crippen LogP contribution < -0.4 is 15.4 Å². The van der Waals surface area contributed by atoms with Crippen LogP contribution in [-0.4, -0.2) is 32.2 Å². The van der Waals surface area contributed by atoms with Gasteiger partial charge in [0.15, 0.2) is 5.96 Å². The van der Waals surface area contributed by atoms with Crippen LogP contribution in [0.3, 0.4) is 0 Å². The fourth-order valence-electron chi connectivity index (χ4n) is 1.51. The molecule has 20 heavy (non-hydrogen) atoms. The summed E-state index contributed by atoms with van der Waals surface area (Å²) >= 11 is 0. The lowest BCUT2D eigenvalue weighted by atomic mass is 10.2. The smallest absolute Gasteiger partial charge is 0.191 e. The van der Waals surface area contributed by atoms with Crippen molar-refractivity contribution in [2.24, 2.45) is 10.9 Å². The van der Waals surface area contributed by atoms with Gasteiger partial charge in [-0.1, -0.05) is 19.9 Å². The largest absolute Gasteiger partial charge is 0.492 e. The van der Waals surface area contributed by atoms with E-state index >= 15 is 0 Å². The zero-order valence-corrected chi connectivity index (χ0v) is 12.4. The van der Waals surface area contributed by atoms with Gasteiger partial charge < -0.3 is 15.4 Å². The molecule has 0 aliphatic rings. The molecule has 0 amide bonds. The minimum absolute atomic E-state index is 0.290. The summed E-state index contributed by atoms with van der Waals surface area (Å²) in [6, 6.07) is 6.14. The number of guanidine groups is 1. The second-order valence-electron chi connectivity index (χ2n) is 4.85. The lowest BCUT2D eigenvalue weighted by Crippen LogP contribution is -2.39. The third-order valence-corrected chi connectivity index (χ3v) is 2.42. The Balaban J connectivity index is 2.31. The van der Waals surface area contributed by atoms with Gasteiger partial charge in [0, 0.05) is 19.2 Å². The van der Waals surface area contributed by atoms with Gasteiger partial charge in [-0.15, -0.1) is 0 Å². The molecule has 5 heteroatoms. The molecule has 1 aromatic carbocycles. The molecule has 0 aliphatic heterocycles. The standard InChI is InChI=1S/C15H24FN3O/c1-4-17-15(19-11-12(2)3)18-8-9-20-14-7-5-6-13(16)10-14/h5-7,10,12H,4,8-9,11H2,1-3H3,(H2,17,18,19). The Hall–Kier alpha value is -1.78. The number of hydrogen-bond donors (Lipinski definition) is 2. The molecule has 0 heterocycles. The summed E-state index contributed by atoms with van der Waals surface area (Å²) < 4.78 is 18.4. The van der Waals surface area contributed by atoms with Crippen molar-refractivity contribution in [3.63, 3.8) is 0 Å². The van der Waals surface area contributed by atoms with E-state index in [0.717, 1.165) is 19.0 Å². The second-order valence-corrected chi connectivity index (χ2v) is 4.85. The van der Waals surface area contributed by atoms with Crippen molar-refractivity contribution >= 4 is 5.96 Å². The Labute approximate surface area is 120 Å². The molecule has 0 aliphatic carbocycles. The van der Waals surface area contributed by atoms with Gasteiger partial charge in [-0.3, -0.25) is 4.99 Å². The van der Waals surface area contributed by atoms with E-state index in [1.807, 2.05) is 6.92 Å². The molecule has 0 saturated carbocycles. The molecule has 1 rings (SSSR count). The van der Waals surface area contributed by atoms with Gasteiger partial charge in [0.05, 0.1) is 6.54 Å². The predicted molar refractivity (Wildman–Crippen MR) is 80.7 cm³/mol. The maximum atomic E-state index is 13.0. The minimum Gasteiger partial charge on any atom is -0.492 e. The highest BCUT2D eigenvalue weighted by atomic mass is 19.1. The Kier molecular flexibility index (Phi) is 7.47. The van der Waals surface area contributed by atoms with E-state index in [1.165, 1.54) is 12.1 Å². The Morgan fingerprint density at radius 1 is 1.35 bits per heavy atom. The number of benzene rings is 1. The van der Waals surface area contributed by atoms with E-state index in [0.29, 0.717) is 24.8 Å². The van der Waals surface area contributed by atoms with Crippen LogP contribution in [0, 0.1) is 11.7 Å². The molecule has 0 fully saturated rings.